The van der Waals surface area contributed by atoms with Crippen LogP contribution in [0.3, 0.4) is 0 Å². The number of nitrogens with two attached hydrogens (primary N) is 1. The summed E-state index contributed by atoms with van der Waals surface area (Å²) in [5.74, 6) is 1.58. The molecule has 0 aliphatic carbocycles. The number of aromatic nitrogens is 3. The highest BCUT2D eigenvalue weighted by atomic mass is 16.5. The number of nitrogens with zero attached hydrogens (tertiary/aromatic N) is 3. The van der Waals surface area contributed by atoms with Gasteiger partial charge in [0, 0.05) is 43.2 Å². The molecule has 0 saturated carbocycles. The van der Waals surface area contributed by atoms with Crippen molar-refractivity contribution in [2.45, 2.75) is 0 Å². The number of hydrogen-bond donors (Lipinski definition) is 3. The summed E-state index contributed by atoms with van der Waals surface area (Å²) in [6, 6.07) is 22.2. The quantitative estimate of drug-likeness (QED) is 0.323. The van der Waals surface area contributed by atoms with Crippen LogP contribution in [0.2, 0.25) is 0 Å². The van der Waals surface area contributed by atoms with Gasteiger partial charge >= 0.3 is 0 Å². The lowest BCUT2D eigenvalue weighted by Crippen LogP contribution is -2.27. The first-order valence-electron chi connectivity index (χ1n) is 10.6. The minimum absolute atomic E-state index is 0.184. The van der Waals surface area contributed by atoms with E-state index in [1.54, 1.807) is 19.2 Å². The fourth-order valence-corrected chi connectivity index (χ4v) is 3.13. The van der Waals surface area contributed by atoms with E-state index >= 15 is 0 Å². The summed E-state index contributed by atoms with van der Waals surface area (Å²) in [5, 5.41) is 5.96. The average Bonchev–Trinajstić information content (AvgIpc) is 2.86. The lowest BCUT2D eigenvalue weighted by molar-refractivity contribution is 0.0932. The van der Waals surface area contributed by atoms with Crippen molar-refractivity contribution in [1.29, 1.82) is 0 Å². The first-order chi connectivity index (χ1) is 16.6. The van der Waals surface area contributed by atoms with Crippen molar-refractivity contribution in [1.82, 2.24) is 20.3 Å². The van der Waals surface area contributed by atoms with Crippen LogP contribution in [-0.2, 0) is 4.74 Å². The molecule has 9 nitrogen and oxygen atoms in total. The highest BCUT2D eigenvalue weighted by Crippen LogP contribution is 2.26. The van der Waals surface area contributed by atoms with E-state index < -0.39 is 0 Å². The zero-order valence-corrected chi connectivity index (χ0v) is 18.6. The molecule has 0 unspecified atom stereocenters. The Hall–Kier alpha value is -4.50. The summed E-state index contributed by atoms with van der Waals surface area (Å²) in [6.45, 7) is 0.832. The number of amides is 1. The second-order valence-electron chi connectivity index (χ2n) is 7.24. The van der Waals surface area contributed by atoms with Crippen molar-refractivity contribution >= 4 is 23.4 Å². The predicted molar refractivity (Wildman–Crippen MR) is 130 cm³/mol. The summed E-state index contributed by atoms with van der Waals surface area (Å²) in [4.78, 5) is 24.8. The predicted octanol–water partition coefficient (Wildman–Crippen LogP) is 4.03. The maximum Gasteiger partial charge on any atom is 0.270 e. The van der Waals surface area contributed by atoms with Crippen molar-refractivity contribution in [3.63, 3.8) is 0 Å². The number of benzene rings is 2. The molecule has 0 saturated heterocycles. The number of methoxy groups -OCH3 is 1. The molecule has 4 rings (SSSR count). The van der Waals surface area contributed by atoms with E-state index in [0.717, 1.165) is 16.9 Å². The van der Waals surface area contributed by atoms with Crippen LogP contribution in [0.1, 0.15) is 10.5 Å². The van der Waals surface area contributed by atoms with Crippen LogP contribution in [0, 0.1) is 0 Å². The highest BCUT2D eigenvalue weighted by Gasteiger charge is 2.09. The van der Waals surface area contributed by atoms with Crippen LogP contribution in [0.25, 0.3) is 11.3 Å². The molecule has 34 heavy (non-hydrogen) atoms. The highest BCUT2D eigenvalue weighted by molar-refractivity contribution is 5.92. The van der Waals surface area contributed by atoms with Crippen LogP contribution >= 0.6 is 0 Å². The third kappa shape index (κ3) is 6.05. The Labute approximate surface area is 197 Å². The molecule has 0 aliphatic heterocycles. The molecule has 9 heteroatoms. The van der Waals surface area contributed by atoms with E-state index in [1.165, 1.54) is 6.20 Å². The molecule has 2 heterocycles. The van der Waals surface area contributed by atoms with Gasteiger partial charge in [0.1, 0.15) is 23.0 Å². The largest absolute Gasteiger partial charge is 0.457 e. The molecule has 0 bridgehead atoms. The fraction of sp³-hybridized carbons (Fsp3) is 0.120. The van der Waals surface area contributed by atoms with Crippen molar-refractivity contribution in [3.05, 3.63) is 84.7 Å². The molecular formula is C25H24N6O3. The summed E-state index contributed by atoms with van der Waals surface area (Å²) >= 11 is 0. The second-order valence-corrected chi connectivity index (χ2v) is 7.24. The fourth-order valence-electron chi connectivity index (χ4n) is 3.13. The van der Waals surface area contributed by atoms with Crippen molar-refractivity contribution in [3.8, 4) is 22.8 Å². The Balaban J connectivity index is 1.42. The molecule has 172 valence electrons. The maximum absolute atomic E-state index is 12.2. The molecule has 2 aromatic heterocycles. The molecule has 1 amide bonds. The standard InChI is InChI=1S/C25H24N6O3/c1-33-14-13-28-24(32)22-15-20(11-12-27-22)34-19-9-7-18(8-10-19)29-23-16-21(30-25(26)31-23)17-5-3-2-4-6-17/h2-12,15-16H,13-14H2,1H3,(H,28,32)(H3,26,29,30,31). The minimum Gasteiger partial charge on any atom is -0.457 e. The number of nitrogens with one attached hydrogen (secondary N) is 2. The molecule has 4 aromatic rings. The van der Waals surface area contributed by atoms with E-state index in [2.05, 4.69) is 25.6 Å². The lowest BCUT2D eigenvalue weighted by Gasteiger charge is -2.10. The van der Waals surface area contributed by atoms with Crippen molar-refractivity contribution in [2.75, 3.05) is 31.3 Å². The first-order valence-corrected chi connectivity index (χ1v) is 10.6. The second kappa shape index (κ2) is 10.9. The smallest absolute Gasteiger partial charge is 0.270 e. The molecule has 0 radical (unpaired) electrons. The third-order valence-electron chi connectivity index (χ3n) is 4.73. The monoisotopic (exact) mass is 456 g/mol. The molecule has 0 fully saturated rings. The van der Waals surface area contributed by atoms with Gasteiger partial charge in [-0.1, -0.05) is 30.3 Å². The van der Waals surface area contributed by atoms with Crippen LogP contribution in [0.5, 0.6) is 11.5 Å². The molecule has 0 aliphatic rings. The van der Waals surface area contributed by atoms with Gasteiger partial charge < -0.3 is 25.8 Å². The van der Waals surface area contributed by atoms with E-state index in [-0.39, 0.29) is 17.5 Å². The molecular weight excluding hydrogens is 432 g/mol. The van der Waals surface area contributed by atoms with Gasteiger partial charge in [0.2, 0.25) is 5.95 Å². The lowest BCUT2D eigenvalue weighted by atomic mass is 10.1. The normalized spacial score (nSPS) is 10.5. The number of ether oxygens (including phenoxy) is 2. The van der Waals surface area contributed by atoms with Gasteiger partial charge in [0.05, 0.1) is 12.3 Å². The Kier molecular flexibility index (Phi) is 7.26. The average molecular weight is 457 g/mol. The van der Waals surface area contributed by atoms with E-state index in [4.69, 9.17) is 15.2 Å². The Morgan fingerprint density at radius 1 is 0.971 bits per heavy atom. The molecule has 4 N–H and O–H groups in total. The van der Waals surface area contributed by atoms with Crippen LogP contribution in [0.4, 0.5) is 17.5 Å². The Morgan fingerprint density at radius 3 is 2.53 bits per heavy atom. The number of anilines is 3. The van der Waals surface area contributed by atoms with Crippen molar-refractivity contribution < 1.29 is 14.3 Å². The summed E-state index contributed by atoms with van der Waals surface area (Å²) < 4.78 is 10.8. The van der Waals surface area contributed by atoms with Crippen LogP contribution in [-0.4, -0.2) is 41.1 Å². The van der Waals surface area contributed by atoms with Crippen molar-refractivity contribution in [2.24, 2.45) is 0 Å². The van der Waals surface area contributed by atoms with Gasteiger partial charge in [-0.25, -0.2) is 4.98 Å². The van der Waals surface area contributed by atoms with E-state index in [1.807, 2.05) is 60.7 Å². The molecule has 2 aromatic carbocycles. The zero-order valence-electron chi connectivity index (χ0n) is 18.6. The van der Waals surface area contributed by atoms with Gasteiger partial charge in [-0.15, -0.1) is 0 Å². The zero-order chi connectivity index (χ0) is 23.8. The van der Waals surface area contributed by atoms with Gasteiger partial charge in [-0.2, -0.15) is 4.98 Å². The Morgan fingerprint density at radius 2 is 1.76 bits per heavy atom. The number of carbonyl (C=O) groups excluding carboxylic acids is 1. The molecule has 0 atom stereocenters. The Bertz CT molecular complexity index is 1250. The third-order valence-corrected chi connectivity index (χ3v) is 4.73. The van der Waals surface area contributed by atoms with Gasteiger partial charge in [-0.05, 0) is 30.3 Å². The first kappa shape index (κ1) is 22.7. The van der Waals surface area contributed by atoms with Gasteiger partial charge in [0.15, 0.2) is 0 Å². The maximum atomic E-state index is 12.2. The van der Waals surface area contributed by atoms with Crippen LogP contribution < -0.4 is 21.1 Å². The number of pyridine rings is 1. The SMILES string of the molecule is COCCNC(=O)c1cc(Oc2ccc(Nc3cc(-c4ccccc4)nc(N)n3)cc2)ccn1. The summed E-state index contributed by atoms with van der Waals surface area (Å²) in [5.41, 5.74) is 8.66. The summed E-state index contributed by atoms with van der Waals surface area (Å²) in [7, 11) is 1.57. The molecule has 0 spiro atoms. The topological polar surface area (TPSA) is 124 Å². The number of rotatable bonds is 9. The van der Waals surface area contributed by atoms with Crippen LogP contribution in [0.15, 0.2) is 79.0 Å². The van der Waals surface area contributed by atoms with E-state index in [0.29, 0.717) is 30.5 Å². The van der Waals surface area contributed by atoms with Gasteiger partial charge in [-0.3, -0.25) is 9.78 Å². The van der Waals surface area contributed by atoms with E-state index in [9.17, 15) is 4.79 Å². The minimum atomic E-state index is -0.291. The number of carbonyl (C=O) groups is 1. The summed E-state index contributed by atoms with van der Waals surface area (Å²) in [6.07, 6.45) is 1.53. The number of hydrogen-bond acceptors (Lipinski definition) is 8. The van der Waals surface area contributed by atoms with Gasteiger partial charge in [0.25, 0.3) is 5.91 Å². The number of nitrogen functional groups attached to an aromatic ring is 1.